The molecule has 0 unspecified atom stereocenters. The van der Waals surface area contributed by atoms with Crippen LogP contribution in [-0.4, -0.2) is 14.4 Å². The van der Waals surface area contributed by atoms with Gasteiger partial charge in [-0.15, -0.1) is 0 Å². The Morgan fingerprint density at radius 1 is 1.13 bits per heavy atom. The second-order valence-electron chi connectivity index (χ2n) is 4.45. The summed E-state index contributed by atoms with van der Waals surface area (Å²) in [5.41, 5.74) is -0.131. The van der Waals surface area contributed by atoms with E-state index in [1.54, 1.807) is 6.07 Å². The van der Waals surface area contributed by atoms with Gasteiger partial charge < -0.3 is 9.90 Å². The Balaban J connectivity index is 2.58. The van der Waals surface area contributed by atoms with Crippen LogP contribution in [0.15, 0.2) is 58.3 Å². The molecule has 0 aliphatic rings. The molecule has 116 valence electrons. The van der Waals surface area contributed by atoms with Crippen molar-refractivity contribution in [3.8, 4) is 6.07 Å². The lowest BCUT2D eigenvalue weighted by molar-refractivity contribution is -0.255. The number of carboxylic acids is 1. The Morgan fingerprint density at radius 3 is 2.30 bits per heavy atom. The van der Waals surface area contributed by atoms with Crippen LogP contribution in [0.25, 0.3) is 6.08 Å². The van der Waals surface area contributed by atoms with Gasteiger partial charge in [-0.05, 0) is 35.9 Å². The van der Waals surface area contributed by atoms with Crippen LogP contribution in [-0.2, 0) is 9.84 Å². The maximum Gasteiger partial charge on any atom is 0.216 e. The van der Waals surface area contributed by atoms with E-state index in [2.05, 4.69) is 0 Å². The highest BCUT2D eigenvalue weighted by atomic mass is 35.5. The van der Waals surface area contributed by atoms with Crippen molar-refractivity contribution in [3.05, 3.63) is 69.6 Å². The van der Waals surface area contributed by atoms with E-state index in [1.807, 2.05) is 0 Å². The minimum absolute atomic E-state index is 0.0709. The largest absolute Gasteiger partial charge is 0.545 e. The van der Waals surface area contributed by atoms with Crippen molar-refractivity contribution in [2.75, 3.05) is 0 Å². The Morgan fingerprint density at radius 2 is 1.74 bits per heavy atom. The third-order valence-corrected chi connectivity index (χ3v) is 4.92. The molecule has 2 rings (SSSR count). The number of rotatable bonds is 4. The maximum atomic E-state index is 12.5. The average Bonchev–Trinajstić information content (AvgIpc) is 2.53. The van der Waals surface area contributed by atoms with Crippen LogP contribution in [0.1, 0.15) is 15.9 Å². The van der Waals surface area contributed by atoms with Gasteiger partial charge in [0.25, 0.3) is 0 Å². The molecule has 0 radical (unpaired) electrons. The minimum atomic E-state index is -4.08. The fourth-order valence-corrected chi connectivity index (χ4v) is 3.14. The van der Waals surface area contributed by atoms with Crippen LogP contribution in [0.5, 0.6) is 0 Å². The van der Waals surface area contributed by atoms with Gasteiger partial charge in [0, 0.05) is 10.6 Å². The topological polar surface area (TPSA) is 98.1 Å². The summed E-state index contributed by atoms with van der Waals surface area (Å²) in [5, 5.41) is 20.6. The molecule has 2 aromatic rings. The van der Waals surface area contributed by atoms with Crippen molar-refractivity contribution < 1.29 is 18.3 Å². The lowest BCUT2D eigenvalue weighted by Crippen LogP contribution is -2.23. The smallest absolute Gasteiger partial charge is 0.216 e. The molecule has 0 aromatic heterocycles. The SMILES string of the molecule is N#CC(=Cc1ccccc1C(=O)[O-])S(=O)(=O)c1ccc(Cl)cc1. The van der Waals surface area contributed by atoms with E-state index < -0.39 is 20.7 Å². The molecule has 0 heterocycles. The van der Waals surface area contributed by atoms with E-state index in [1.165, 1.54) is 48.5 Å². The molecule has 0 aliphatic carbocycles. The highest BCUT2D eigenvalue weighted by Crippen LogP contribution is 2.23. The normalized spacial score (nSPS) is 11.7. The highest BCUT2D eigenvalue weighted by Gasteiger charge is 2.21. The molecule has 23 heavy (non-hydrogen) atoms. The summed E-state index contributed by atoms with van der Waals surface area (Å²) in [6.45, 7) is 0. The van der Waals surface area contributed by atoms with E-state index in [4.69, 9.17) is 11.6 Å². The molecule has 0 N–H and O–H groups in total. The van der Waals surface area contributed by atoms with Gasteiger partial charge >= 0.3 is 0 Å². The number of nitrogens with zero attached hydrogens (tertiary/aromatic N) is 1. The van der Waals surface area contributed by atoms with Crippen molar-refractivity contribution in [2.45, 2.75) is 4.90 Å². The number of allylic oxidation sites excluding steroid dienone is 1. The number of nitriles is 1. The second-order valence-corrected chi connectivity index (χ2v) is 6.81. The maximum absolute atomic E-state index is 12.5. The van der Waals surface area contributed by atoms with Crippen molar-refractivity contribution in [1.29, 1.82) is 5.26 Å². The minimum Gasteiger partial charge on any atom is -0.545 e. The first-order chi connectivity index (χ1) is 10.9. The summed E-state index contributed by atoms with van der Waals surface area (Å²) in [5.74, 6) is -1.46. The number of hydrogen-bond donors (Lipinski definition) is 0. The highest BCUT2D eigenvalue weighted by molar-refractivity contribution is 7.95. The Kier molecular flexibility index (Phi) is 4.84. The summed E-state index contributed by atoms with van der Waals surface area (Å²) in [6, 6.07) is 12.6. The molecular weight excluding hydrogens is 338 g/mol. The molecule has 5 nitrogen and oxygen atoms in total. The molecule has 0 amide bonds. The van der Waals surface area contributed by atoms with Crippen LogP contribution in [0, 0.1) is 11.3 Å². The van der Waals surface area contributed by atoms with Gasteiger partial charge in [-0.25, -0.2) is 8.42 Å². The number of hydrogen-bond acceptors (Lipinski definition) is 5. The molecule has 0 atom stereocenters. The third-order valence-electron chi connectivity index (χ3n) is 2.99. The first-order valence-electron chi connectivity index (χ1n) is 6.29. The average molecular weight is 347 g/mol. The number of benzene rings is 2. The predicted molar refractivity (Wildman–Crippen MR) is 83.0 cm³/mol. The summed E-state index contributed by atoms with van der Waals surface area (Å²) in [6.07, 6.45) is 1.01. The number of halogens is 1. The summed E-state index contributed by atoms with van der Waals surface area (Å²) in [4.78, 5) is 10.4. The van der Waals surface area contributed by atoms with E-state index in [0.29, 0.717) is 5.02 Å². The molecule has 2 aromatic carbocycles. The molecule has 0 saturated heterocycles. The van der Waals surface area contributed by atoms with E-state index in [0.717, 1.165) is 6.08 Å². The molecule has 7 heteroatoms. The van der Waals surface area contributed by atoms with Crippen LogP contribution in [0.4, 0.5) is 0 Å². The molecule has 0 aliphatic heterocycles. The van der Waals surface area contributed by atoms with Gasteiger partial charge in [0.2, 0.25) is 9.84 Å². The number of sulfone groups is 1. The fraction of sp³-hybridized carbons (Fsp3) is 0. The molecule has 0 bridgehead atoms. The van der Waals surface area contributed by atoms with E-state index in [-0.39, 0.29) is 16.0 Å². The van der Waals surface area contributed by atoms with Crippen molar-refractivity contribution >= 4 is 33.5 Å². The van der Waals surface area contributed by atoms with Crippen molar-refractivity contribution in [2.24, 2.45) is 0 Å². The van der Waals surface area contributed by atoms with Gasteiger partial charge in [-0.2, -0.15) is 5.26 Å². The van der Waals surface area contributed by atoms with Gasteiger partial charge in [0.15, 0.2) is 0 Å². The van der Waals surface area contributed by atoms with E-state index >= 15 is 0 Å². The first-order valence-corrected chi connectivity index (χ1v) is 8.15. The standard InChI is InChI=1S/C16H10ClNO4S/c17-12-5-7-13(8-6-12)23(21,22)14(10-18)9-11-3-1-2-4-15(11)16(19)20/h1-9H,(H,19,20)/p-1. The predicted octanol–water partition coefficient (Wildman–Crippen LogP) is 2.04. The number of carbonyl (C=O) groups is 1. The Bertz CT molecular complexity index is 925. The van der Waals surface area contributed by atoms with Gasteiger partial charge in [0.1, 0.15) is 11.0 Å². The Labute approximate surface area is 138 Å². The summed E-state index contributed by atoms with van der Waals surface area (Å²) in [7, 11) is -4.08. The molecule has 0 spiro atoms. The lowest BCUT2D eigenvalue weighted by Gasteiger charge is -2.08. The monoisotopic (exact) mass is 346 g/mol. The van der Waals surface area contributed by atoms with Crippen molar-refractivity contribution in [1.82, 2.24) is 0 Å². The lowest BCUT2D eigenvalue weighted by atomic mass is 10.1. The second kappa shape index (κ2) is 6.65. The molecule has 0 saturated carbocycles. The number of carbonyl (C=O) groups excluding carboxylic acids is 1. The van der Waals surface area contributed by atoms with Gasteiger partial charge in [0.05, 0.1) is 10.9 Å². The quantitative estimate of drug-likeness (QED) is 0.789. The van der Waals surface area contributed by atoms with Crippen LogP contribution >= 0.6 is 11.6 Å². The third kappa shape index (κ3) is 3.59. The summed E-state index contributed by atoms with van der Waals surface area (Å²) >= 11 is 5.71. The zero-order valence-electron chi connectivity index (χ0n) is 11.6. The molecule has 0 fully saturated rings. The van der Waals surface area contributed by atoms with Gasteiger partial charge in [-0.1, -0.05) is 35.9 Å². The number of aromatic carboxylic acids is 1. The van der Waals surface area contributed by atoms with Crippen molar-refractivity contribution in [3.63, 3.8) is 0 Å². The number of carboxylic acid groups (broad SMARTS) is 1. The van der Waals surface area contributed by atoms with Crippen LogP contribution in [0.3, 0.4) is 0 Å². The summed E-state index contributed by atoms with van der Waals surface area (Å²) < 4.78 is 24.9. The zero-order valence-corrected chi connectivity index (χ0v) is 13.1. The van der Waals surface area contributed by atoms with E-state index in [9.17, 15) is 23.6 Å². The molecular formula is C16H9ClNO4S-. The van der Waals surface area contributed by atoms with Crippen LogP contribution < -0.4 is 5.11 Å². The van der Waals surface area contributed by atoms with Crippen LogP contribution in [0.2, 0.25) is 5.02 Å². The fourth-order valence-electron chi connectivity index (χ4n) is 1.86. The Hall–Kier alpha value is -2.62. The van der Waals surface area contributed by atoms with Gasteiger partial charge in [-0.3, -0.25) is 0 Å². The first kappa shape index (κ1) is 16.7. The zero-order chi connectivity index (χ0) is 17.0.